The molecule has 0 radical (unpaired) electrons. The number of para-hydroxylation sites is 1. The van der Waals surface area contributed by atoms with E-state index in [9.17, 15) is 24.3 Å². The van der Waals surface area contributed by atoms with Crippen LogP contribution in [0.3, 0.4) is 0 Å². The molecule has 0 spiro atoms. The highest BCUT2D eigenvalue weighted by Gasteiger charge is 2.43. The quantitative estimate of drug-likeness (QED) is 0.453. The van der Waals surface area contributed by atoms with Crippen molar-refractivity contribution in [1.82, 2.24) is 25.4 Å². The number of amides is 3. The Kier molecular flexibility index (Phi) is 6.95. The molecule has 4 unspecified atom stereocenters. The molecule has 3 aliphatic heterocycles. The molecule has 1 aromatic carbocycles. The number of aliphatic carboxylic acids is 1. The Morgan fingerprint density at radius 1 is 1.00 bits per heavy atom. The molecule has 10 heteroatoms. The molecule has 3 amide bonds. The number of likely N-dealkylation sites (tertiary alicyclic amines) is 2. The van der Waals surface area contributed by atoms with Crippen molar-refractivity contribution in [2.75, 3.05) is 19.6 Å². The van der Waals surface area contributed by atoms with Crippen LogP contribution in [0.2, 0.25) is 0 Å². The van der Waals surface area contributed by atoms with Crippen LogP contribution in [-0.2, 0) is 25.6 Å². The van der Waals surface area contributed by atoms with E-state index in [2.05, 4.69) is 15.6 Å². The lowest BCUT2D eigenvalue weighted by atomic mass is 10.0. The fraction of sp³-hybridized carbons (Fsp3) is 0.538. The maximum atomic E-state index is 13.9. The van der Waals surface area contributed by atoms with E-state index in [-0.39, 0.29) is 23.8 Å². The second-order valence-electron chi connectivity index (χ2n) is 9.99. The number of carboxylic acids is 1. The first-order valence-corrected chi connectivity index (χ1v) is 12.9. The predicted molar refractivity (Wildman–Crippen MR) is 132 cm³/mol. The van der Waals surface area contributed by atoms with Crippen LogP contribution in [0.1, 0.15) is 44.1 Å². The second-order valence-corrected chi connectivity index (χ2v) is 9.99. The van der Waals surface area contributed by atoms with Crippen LogP contribution in [-0.4, -0.2) is 87.4 Å². The third-order valence-electron chi connectivity index (χ3n) is 7.73. The largest absolute Gasteiger partial charge is 0.480 e. The van der Waals surface area contributed by atoms with Crippen molar-refractivity contribution < 1.29 is 24.3 Å². The average molecular weight is 496 g/mol. The monoisotopic (exact) mass is 495 g/mol. The average Bonchev–Trinajstić information content (AvgIpc) is 3.69. The molecule has 192 valence electrons. The third kappa shape index (κ3) is 4.69. The zero-order valence-electron chi connectivity index (χ0n) is 20.2. The van der Waals surface area contributed by atoms with E-state index in [0.717, 1.165) is 35.9 Å². The minimum absolute atomic E-state index is 0.210. The van der Waals surface area contributed by atoms with Gasteiger partial charge in [-0.2, -0.15) is 0 Å². The number of carbonyl (C=O) groups is 4. The van der Waals surface area contributed by atoms with Gasteiger partial charge in [0.05, 0.1) is 6.04 Å². The predicted octanol–water partition coefficient (Wildman–Crippen LogP) is 1.01. The molecule has 0 aliphatic carbocycles. The van der Waals surface area contributed by atoms with Gasteiger partial charge < -0.3 is 30.5 Å². The Hall–Kier alpha value is -3.40. The number of carboxylic acid groups (broad SMARTS) is 1. The van der Waals surface area contributed by atoms with E-state index in [0.29, 0.717) is 45.2 Å². The summed E-state index contributed by atoms with van der Waals surface area (Å²) < 4.78 is 0. The number of nitrogens with zero attached hydrogens (tertiary/aromatic N) is 2. The van der Waals surface area contributed by atoms with Crippen molar-refractivity contribution in [3.05, 3.63) is 36.0 Å². The van der Waals surface area contributed by atoms with Crippen LogP contribution >= 0.6 is 0 Å². The maximum absolute atomic E-state index is 13.9. The zero-order chi connectivity index (χ0) is 25.2. The molecule has 2 aromatic rings. The summed E-state index contributed by atoms with van der Waals surface area (Å²) >= 11 is 0. The van der Waals surface area contributed by atoms with Crippen molar-refractivity contribution in [1.29, 1.82) is 0 Å². The number of nitrogens with one attached hydrogen (secondary N) is 3. The van der Waals surface area contributed by atoms with E-state index in [1.165, 1.54) is 4.90 Å². The van der Waals surface area contributed by atoms with Crippen molar-refractivity contribution in [2.45, 2.75) is 69.1 Å². The molecule has 36 heavy (non-hydrogen) atoms. The molecule has 3 saturated heterocycles. The number of aromatic amines is 1. The second kappa shape index (κ2) is 10.3. The Balaban J connectivity index is 1.38. The van der Waals surface area contributed by atoms with Gasteiger partial charge in [0.25, 0.3) is 0 Å². The first-order valence-electron chi connectivity index (χ1n) is 12.9. The number of hydrogen-bond acceptors (Lipinski definition) is 5. The Morgan fingerprint density at radius 3 is 2.50 bits per heavy atom. The van der Waals surface area contributed by atoms with Gasteiger partial charge in [0.2, 0.25) is 17.7 Å². The normalized spacial score (nSPS) is 24.8. The number of benzene rings is 1. The standard InChI is InChI=1S/C26H33N5O5/c32-23(19-8-3-11-27-19)29-20(14-16-15-28-18-7-2-1-6-17(16)18)24(33)30-12-4-9-21(30)25(34)31-13-5-10-22(31)26(35)36/h1-2,6-7,15,19-22,27-28H,3-5,8-14H2,(H,29,32)(H,35,36). The van der Waals surface area contributed by atoms with Crippen LogP contribution in [0.5, 0.6) is 0 Å². The molecule has 4 heterocycles. The van der Waals surface area contributed by atoms with Crippen LogP contribution in [0.15, 0.2) is 30.5 Å². The number of carbonyl (C=O) groups excluding carboxylic acids is 3. The van der Waals surface area contributed by atoms with Gasteiger partial charge in [-0.3, -0.25) is 14.4 Å². The minimum atomic E-state index is -1.01. The first-order chi connectivity index (χ1) is 17.4. The van der Waals surface area contributed by atoms with E-state index >= 15 is 0 Å². The van der Waals surface area contributed by atoms with E-state index < -0.39 is 24.1 Å². The number of fused-ring (bicyclic) bond motifs is 1. The van der Waals surface area contributed by atoms with Gasteiger partial charge in [0.15, 0.2) is 0 Å². The highest BCUT2D eigenvalue weighted by molar-refractivity contribution is 5.95. The number of hydrogen-bond donors (Lipinski definition) is 4. The SMILES string of the molecule is O=C(NC(Cc1c[nH]c2ccccc12)C(=O)N1CCCC1C(=O)N1CCCC1C(=O)O)C1CCCN1. The molecular formula is C26H33N5O5. The van der Waals surface area contributed by atoms with Crippen LogP contribution in [0.4, 0.5) is 0 Å². The fourth-order valence-corrected chi connectivity index (χ4v) is 5.87. The lowest BCUT2D eigenvalue weighted by Gasteiger charge is -2.32. The van der Waals surface area contributed by atoms with Crippen LogP contribution < -0.4 is 10.6 Å². The maximum Gasteiger partial charge on any atom is 0.326 e. The van der Waals surface area contributed by atoms with Crippen LogP contribution in [0, 0.1) is 0 Å². The van der Waals surface area contributed by atoms with Crippen molar-refractivity contribution in [2.24, 2.45) is 0 Å². The lowest BCUT2D eigenvalue weighted by Crippen LogP contribution is -2.57. The van der Waals surface area contributed by atoms with Gasteiger partial charge in [-0.05, 0) is 56.7 Å². The van der Waals surface area contributed by atoms with E-state index in [4.69, 9.17) is 0 Å². The Bertz CT molecular complexity index is 1160. The molecule has 5 rings (SSSR count). The lowest BCUT2D eigenvalue weighted by molar-refractivity contribution is -0.152. The number of H-pyrrole nitrogens is 1. The first kappa shape index (κ1) is 24.3. The minimum Gasteiger partial charge on any atom is -0.480 e. The Labute approximate surface area is 209 Å². The van der Waals surface area contributed by atoms with E-state index in [1.807, 2.05) is 30.5 Å². The molecule has 1 aromatic heterocycles. The smallest absolute Gasteiger partial charge is 0.326 e. The van der Waals surface area contributed by atoms with E-state index in [1.54, 1.807) is 4.90 Å². The zero-order valence-corrected chi connectivity index (χ0v) is 20.2. The molecule has 0 bridgehead atoms. The summed E-state index contributed by atoms with van der Waals surface area (Å²) in [4.78, 5) is 58.2. The highest BCUT2D eigenvalue weighted by atomic mass is 16.4. The Morgan fingerprint density at radius 2 is 1.75 bits per heavy atom. The highest BCUT2D eigenvalue weighted by Crippen LogP contribution is 2.27. The summed E-state index contributed by atoms with van der Waals surface area (Å²) in [6.45, 7) is 1.56. The fourth-order valence-electron chi connectivity index (χ4n) is 5.87. The van der Waals surface area contributed by atoms with Gasteiger partial charge in [-0.15, -0.1) is 0 Å². The summed E-state index contributed by atoms with van der Waals surface area (Å²) in [5, 5.41) is 16.7. The molecule has 4 atom stereocenters. The van der Waals surface area contributed by atoms with Gasteiger partial charge >= 0.3 is 5.97 Å². The van der Waals surface area contributed by atoms with Gasteiger partial charge in [-0.25, -0.2) is 4.79 Å². The summed E-state index contributed by atoms with van der Waals surface area (Å²) in [6, 6.07) is 5.09. The number of aromatic nitrogens is 1. The summed E-state index contributed by atoms with van der Waals surface area (Å²) in [7, 11) is 0. The molecule has 0 saturated carbocycles. The third-order valence-corrected chi connectivity index (χ3v) is 7.73. The summed E-state index contributed by atoms with van der Waals surface area (Å²) in [5.74, 6) is -1.82. The number of rotatable bonds is 7. The van der Waals surface area contributed by atoms with Crippen LogP contribution in [0.25, 0.3) is 10.9 Å². The molecule has 10 nitrogen and oxygen atoms in total. The molecule has 3 aliphatic rings. The van der Waals surface area contributed by atoms with Crippen molar-refractivity contribution in [3.63, 3.8) is 0 Å². The van der Waals surface area contributed by atoms with Gasteiger partial charge in [0, 0.05) is 36.6 Å². The summed E-state index contributed by atoms with van der Waals surface area (Å²) in [5.41, 5.74) is 1.86. The summed E-state index contributed by atoms with van der Waals surface area (Å²) in [6.07, 6.45) is 5.99. The topological polar surface area (TPSA) is 135 Å². The molecule has 3 fully saturated rings. The molecular weight excluding hydrogens is 462 g/mol. The van der Waals surface area contributed by atoms with Gasteiger partial charge in [0.1, 0.15) is 18.1 Å². The van der Waals surface area contributed by atoms with Crippen molar-refractivity contribution >= 4 is 34.6 Å². The van der Waals surface area contributed by atoms with Gasteiger partial charge in [-0.1, -0.05) is 18.2 Å². The molecule has 4 N–H and O–H groups in total. The van der Waals surface area contributed by atoms with Crippen molar-refractivity contribution in [3.8, 4) is 0 Å².